The Bertz CT molecular complexity index is 959. The number of nitrogens with zero attached hydrogens (tertiary/aromatic N) is 1. The summed E-state index contributed by atoms with van der Waals surface area (Å²) in [4.78, 5) is 29.2. The van der Waals surface area contributed by atoms with Crippen LogP contribution < -0.4 is 5.14 Å². The van der Waals surface area contributed by atoms with Gasteiger partial charge in [0.2, 0.25) is 10.0 Å². The van der Waals surface area contributed by atoms with Gasteiger partial charge in [-0.15, -0.1) is 0 Å². The van der Waals surface area contributed by atoms with Gasteiger partial charge in [-0.1, -0.05) is 12.1 Å². The molecule has 1 aromatic carbocycles. The molecule has 140 valence electrons. The zero-order chi connectivity index (χ0) is 19.8. The van der Waals surface area contributed by atoms with Crippen LogP contribution in [0.1, 0.15) is 57.6 Å². The summed E-state index contributed by atoms with van der Waals surface area (Å²) in [6.07, 6.45) is 0. The second-order valence-corrected chi connectivity index (χ2v) is 7.95. The highest BCUT2D eigenvalue weighted by molar-refractivity contribution is 7.89. The first kappa shape index (κ1) is 19.9. The lowest BCUT2D eigenvalue weighted by molar-refractivity contribution is 0.0736. The molecule has 0 bridgehead atoms. The summed E-state index contributed by atoms with van der Waals surface area (Å²) in [6.45, 7) is 6.81. The van der Waals surface area contributed by atoms with E-state index in [9.17, 15) is 18.0 Å². The molecule has 1 aromatic heterocycles. The highest BCUT2D eigenvalue weighted by atomic mass is 32.2. The average Bonchev–Trinajstić information content (AvgIpc) is 2.86. The van der Waals surface area contributed by atoms with Gasteiger partial charge in [-0.3, -0.25) is 9.59 Å². The molecule has 3 N–H and O–H groups in total. The Hall–Kier alpha value is -2.45. The Morgan fingerprint density at radius 1 is 1.15 bits per heavy atom. The van der Waals surface area contributed by atoms with Crippen molar-refractivity contribution in [3.63, 3.8) is 0 Å². The number of primary sulfonamides is 1. The minimum absolute atomic E-state index is 0.0179. The van der Waals surface area contributed by atoms with Crippen LogP contribution in [-0.4, -0.2) is 37.0 Å². The second kappa shape index (κ2) is 7.05. The van der Waals surface area contributed by atoms with Crippen molar-refractivity contribution in [1.82, 2.24) is 9.88 Å². The lowest BCUT2D eigenvalue weighted by Gasteiger charge is -2.25. The maximum atomic E-state index is 12.9. The molecule has 1 heterocycles. The predicted molar refractivity (Wildman–Crippen MR) is 98.6 cm³/mol. The van der Waals surface area contributed by atoms with E-state index in [0.717, 1.165) is 5.56 Å². The van der Waals surface area contributed by atoms with Gasteiger partial charge in [-0.25, -0.2) is 13.6 Å². The lowest BCUT2D eigenvalue weighted by atomic mass is 10.0. The first-order valence-corrected chi connectivity index (χ1v) is 9.59. The smallest absolute Gasteiger partial charge is 0.270 e. The van der Waals surface area contributed by atoms with Crippen molar-refractivity contribution in [2.24, 2.45) is 5.14 Å². The summed E-state index contributed by atoms with van der Waals surface area (Å²) >= 11 is 0. The van der Waals surface area contributed by atoms with Gasteiger partial charge in [0.25, 0.3) is 5.91 Å². The van der Waals surface area contributed by atoms with E-state index in [4.69, 9.17) is 5.14 Å². The van der Waals surface area contributed by atoms with Crippen LogP contribution in [0.25, 0.3) is 0 Å². The van der Waals surface area contributed by atoms with Gasteiger partial charge in [0.15, 0.2) is 5.78 Å². The van der Waals surface area contributed by atoms with Gasteiger partial charge in [0.05, 0.1) is 10.9 Å². The fraction of sp³-hybridized carbons (Fsp3) is 0.333. The van der Waals surface area contributed by atoms with Gasteiger partial charge in [-0.2, -0.15) is 0 Å². The van der Waals surface area contributed by atoms with E-state index in [0.29, 0.717) is 22.5 Å². The zero-order valence-electron chi connectivity index (χ0n) is 15.5. The average molecular weight is 377 g/mol. The molecule has 0 aliphatic carbocycles. The second-order valence-electron chi connectivity index (χ2n) is 6.39. The van der Waals surface area contributed by atoms with E-state index >= 15 is 0 Å². The summed E-state index contributed by atoms with van der Waals surface area (Å²) in [5, 5.41) is 5.10. The fourth-order valence-electron chi connectivity index (χ4n) is 3.00. The number of ketones is 1. The largest absolute Gasteiger partial charge is 0.354 e. The third-order valence-electron chi connectivity index (χ3n) is 4.60. The number of aryl methyl sites for hydroxylation is 1. The van der Waals surface area contributed by atoms with E-state index in [1.165, 1.54) is 24.0 Å². The van der Waals surface area contributed by atoms with Gasteiger partial charge >= 0.3 is 0 Å². The van der Waals surface area contributed by atoms with E-state index in [1.807, 2.05) is 6.92 Å². The lowest BCUT2D eigenvalue weighted by Crippen LogP contribution is -2.30. The molecule has 0 saturated heterocycles. The number of nitrogens with one attached hydrogen (secondary N) is 1. The normalized spacial score (nSPS) is 12.7. The van der Waals surface area contributed by atoms with E-state index in [-0.39, 0.29) is 22.6 Å². The summed E-state index contributed by atoms with van der Waals surface area (Å²) in [7, 11) is -2.10. The summed E-state index contributed by atoms with van der Waals surface area (Å²) in [5.74, 6) is -0.342. The highest BCUT2D eigenvalue weighted by Crippen LogP contribution is 2.25. The summed E-state index contributed by atoms with van der Waals surface area (Å²) in [5.41, 5.74) is 2.97. The molecule has 0 radical (unpaired) electrons. The van der Waals surface area contributed by atoms with Gasteiger partial charge in [0.1, 0.15) is 5.69 Å². The maximum Gasteiger partial charge on any atom is 0.270 e. The van der Waals surface area contributed by atoms with Crippen LogP contribution in [0, 0.1) is 13.8 Å². The molecule has 2 aromatic rings. The summed E-state index contributed by atoms with van der Waals surface area (Å²) in [6, 6.07) is 5.78. The number of carbonyl (C=O) groups is 2. The number of nitrogens with two attached hydrogens (primary N) is 1. The number of Topliss-reactive ketones (excluding diaryl/α,β-unsaturated/α-hetero) is 1. The van der Waals surface area contributed by atoms with Crippen molar-refractivity contribution in [3.05, 3.63) is 52.3 Å². The molecule has 1 atom stereocenters. The van der Waals surface area contributed by atoms with Crippen molar-refractivity contribution in [3.8, 4) is 0 Å². The monoisotopic (exact) mass is 377 g/mol. The number of aromatic amines is 1. The number of aromatic nitrogens is 1. The Morgan fingerprint density at radius 2 is 1.69 bits per heavy atom. The first-order chi connectivity index (χ1) is 11.9. The Morgan fingerprint density at radius 3 is 2.12 bits per heavy atom. The molecule has 0 spiro atoms. The number of sulfonamides is 1. The molecule has 26 heavy (non-hydrogen) atoms. The van der Waals surface area contributed by atoms with Crippen LogP contribution in [-0.2, 0) is 10.0 Å². The quantitative estimate of drug-likeness (QED) is 0.778. The van der Waals surface area contributed by atoms with Crippen molar-refractivity contribution in [2.75, 3.05) is 7.05 Å². The molecular formula is C18H23N3O4S. The number of amides is 1. The number of hydrogen-bond acceptors (Lipinski definition) is 4. The third-order valence-corrected chi connectivity index (χ3v) is 5.52. The van der Waals surface area contributed by atoms with Crippen LogP contribution in [0.4, 0.5) is 0 Å². The molecule has 2 rings (SSSR count). The van der Waals surface area contributed by atoms with Crippen molar-refractivity contribution in [2.45, 2.75) is 38.6 Å². The van der Waals surface area contributed by atoms with E-state index < -0.39 is 10.0 Å². The zero-order valence-corrected chi connectivity index (χ0v) is 16.3. The molecule has 0 unspecified atom stereocenters. The van der Waals surface area contributed by atoms with Crippen molar-refractivity contribution in [1.29, 1.82) is 0 Å². The Labute approximate surface area is 153 Å². The fourth-order valence-corrected chi connectivity index (χ4v) is 3.52. The van der Waals surface area contributed by atoms with Gasteiger partial charge < -0.3 is 9.88 Å². The van der Waals surface area contributed by atoms with Crippen LogP contribution in [0.15, 0.2) is 29.2 Å². The molecule has 0 aliphatic rings. The number of benzene rings is 1. The standard InChI is InChI=1S/C18H23N3O4S/c1-10-16(13(4)22)11(2)20-17(10)18(23)21(5)12(3)14-6-8-15(9-7-14)26(19,24)25/h6-9,12,20H,1-5H3,(H2,19,24,25)/t12-/m0/s1. The minimum Gasteiger partial charge on any atom is -0.354 e. The number of hydrogen-bond donors (Lipinski definition) is 2. The molecule has 1 amide bonds. The molecule has 0 aliphatic heterocycles. The van der Waals surface area contributed by atoms with Crippen molar-refractivity contribution < 1.29 is 18.0 Å². The maximum absolute atomic E-state index is 12.9. The van der Waals surface area contributed by atoms with Crippen LogP contribution in [0.5, 0.6) is 0 Å². The molecular weight excluding hydrogens is 354 g/mol. The van der Waals surface area contributed by atoms with Crippen LogP contribution in [0.2, 0.25) is 0 Å². The molecule has 0 saturated carbocycles. The third kappa shape index (κ3) is 3.71. The number of rotatable bonds is 5. The summed E-state index contributed by atoms with van der Waals surface area (Å²) < 4.78 is 22.7. The predicted octanol–water partition coefficient (Wildman–Crippen LogP) is 2.31. The highest BCUT2D eigenvalue weighted by Gasteiger charge is 2.25. The molecule has 8 heteroatoms. The SMILES string of the molecule is CC(=O)c1c(C)[nH]c(C(=O)N(C)[C@@H](C)c2ccc(S(N)(=O)=O)cc2)c1C. The number of carbonyl (C=O) groups excluding carboxylic acids is 2. The Kier molecular flexibility index (Phi) is 5.39. The Balaban J connectivity index is 2.31. The van der Waals surface area contributed by atoms with Crippen LogP contribution in [0.3, 0.4) is 0 Å². The topological polar surface area (TPSA) is 113 Å². The van der Waals surface area contributed by atoms with E-state index in [1.54, 1.807) is 33.0 Å². The van der Waals surface area contributed by atoms with E-state index in [2.05, 4.69) is 4.98 Å². The van der Waals surface area contributed by atoms with Gasteiger partial charge in [0, 0.05) is 18.3 Å². The van der Waals surface area contributed by atoms with Crippen LogP contribution >= 0.6 is 0 Å². The first-order valence-electron chi connectivity index (χ1n) is 8.05. The number of H-pyrrole nitrogens is 1. The van der Waals surface area contributed by atoms with Crippen molar-refractivity contribution >= 4 is 21.7 Å². The molecule has 0 fully saturated rings. The minimum atomic E-state index is -3.76. The molecule has 7 nitrogen and oxygen atoms in total. The van der Waals surface area contributed by atoms with Gasteiger partial charge in [-0.05, 0) is 51.0 Å².